The molecule has 0 radical (unpaired) electrons. The average molecular weight is 367 g/mol. The van der Waals surface area contributed by atoms with Gasteiger partial charge in [0.25, 0.3) is 0 Å². The van der Waals surface area contributed by atoms with Gasteiger partial charge in [-0.25, -0.2) is 25.9 Å². The Bertz CT molecular complexity index is 749. The standard InChI is InChI=1S/C12H21N3O6S2/c1-8-12(9(2)21-13-8)23(18,19)14-11-6-20-5-10(11)7-22(16,17)15(3)4/h10-11,14H,5-7H2,1-4H3/t10-,11-/m0/s1. The number of hydrogen-bond donors (Lipinski definition) is 1. The Balaban J connectivity index is 2.19. The third-order valence-electron chi connectivity index (χ3n) is 3.72. The Morgan fingerprint density at radius 1 is 1.22 bits per heavy atom. The van der Waals surface area contributed by atoms with Crippen LogP contribution in [0.4, 0.5) is 0 Å². The highest BCUT2D eigenvalue weighted by molar-refractivity contribution is 7.89. The maximum absolute atomic E-state index is 12.5. The van der Waals surface area contributed by atoms with E-state index in [0.717, 1.165) is 4.31 Å². The minimum atomic E-state index is -3.87. The summed E-state index contributed by atoms with van der Waals surface area (Å²) in [6.45, 7) is 3.34. The minimum Gasteiger partial charge on any atom is -0.379 e. The van der Waals surface area contributed by atoms with Crippen LogP contribution in [-0.2, 0) is 24.8 Å². The van der Waals surface area contributed by atoms with Gasteiger partial charge in [-0.2, -0.15) is 0 Å². The van der Waals surface area contributed by atoms with Crippen LogP contribution < -0.4 is 4.72 Å². The highest BCUT2D eigenvalue weighted by Gasteiger charge is 2.37. The zero-order valence-corrected chi connectivity index (χ0v) is 15.1. The Morgan fingerprint density at radius 2 is 1.87 bits per heavy atom. The van der Waals surface area contributed by atoms with Gasteiger partial charge in [0.1, 0.15) is 10.6 Å². The van der Waals surface area contributed by atoms with Crippen LogP contribution >= 0.6 is 0 Å². The van der Waals surface area contributed by atoms with Crippen LogP contribution in [0.15, 0.2) is 9.42 Å². The van der Waals surface area contributed by atoms with Gasteiger partial charge >= 0.3 is 0 Å². The summed E-state index contributed by atoms with van der Waals surface area (Å²) in [5, 5.41) is 3.63. The zero-order chi connectivity index (χ0) is 17.4. The Morgan fingerprint density at radius 3 is 2.39 bits per heavy atom. The molecule has 1 aromatic rings. The number of nitrogens with zero attached hydrogens (tertiary/aromatic N) is 2. The maximum Gasteiger partial charge on any atom is 0.246 e. The molecule has 1 aliphatic heterocycles. The summed E-state index contributed by atoms with van der Waals surface area (Å²) in [6.07, 6.45) is 0. The highest BCUT2D eigenvalue weighted by Crippen LogP contribution is 2.23. The molecule has 1 N–H and O–H groups in total. The van der Waals surface area contributed by atoms with Crippen LogP contribution in [0.5, 0.6) is 0 Å². The number of aryl methyl sites for hydroxylation is 2. The van der Waals surface area contributed by atoms with Gasteiger partial charge in [-0.3, -0.25) is 0 Å². The molecule has 11 heteroatoms. The van der Waals surface area contributed by atoms with Crippen molar-refractivity contribution in [1.82, 2.24) is 14.2 Å². The summed E-state index contributed by atoms with van der Waals surface area (Å²) in [5.41, 5.74) is 0.256. The largest absolute Gasteiger partial charge is 0.379 e. The number of ether oxygens (including phenoxy) is 1. The topological polar surface area (TPSA) is 119 Å². The summed E-state index contributed by atoms with van der Waals surface area (Å²) in [5.74, 6) is -0.460. The van der Waals surface area contributed by atoms with Gasteiger partial charge in [0.15, 0.2) is 5.76 Å². The second-order valence-electron chi connectivity index (χ2n) is 5.74. The number of rotatable bonds is 6. The van der Waals surface area contributed by atoms with Gasteiger partial charge in [0.2, 0.25) is 20.0 Å². The van der Waals surface area contributed by atoms with E-state index in [9.17, 15) is 16.8 Å². The average Bonchev–Trinajstić information content (AvgIpc) is 2.96. The van der Waals surface area contributed by atoms with Crippen molar-refractivity contribution in [2.24, 2.45) is 5.92 Å². The first-order valence-corrected chi connectivity index (χ1v) is 10.1. The first-order valence-electron chi connectivity index (χ1n) is 6.98. The molecule has 2 rings (SSSR count). The molecule has 0 saturated carbocycles. The van der Waals surface area contributed by atoms with Crippen molar-refractivity contribution in [2.75, 3.05) is 33.1 Å². The Kier molecular flexibility index (Phi) is 5.16. The second kappa shape index (κ2) is 6.48. The van der Waals surface area contributed by atoms with Gasteiger partial charge < -0.3 is 9.26 Å². The van der Waals surface area contributed by atoms with E-state index in [1.165, 1.54) is 27.9 Å². The lowest BCUT2D eigenvalue weighted by Gasteiger charge is -2.20. The predicted molar refractivity (Wildman–Crippen MR) is 81.9 cm³/mol. The summed E-state index contributed by atoms with van der Waals surface area (Å²) in [6, 6.07) is -0.622. The molecule has 0 amide bonds. The predicted octanol–water partition coefficient (Wildman–Crippen LogP) is -0.524. The van der Waals surface area contributed by atoms with E-state index in [-0.39, 0.29) is 35.3 Å². The van der Waals surface area contributed by atoms with Crippen LogP contribution in [0.2, 0.25) is 0 Å². The molecule has 132 valence electrons. The van der Waals surface area contributed by atoms with Crippen molar-refractivity contribution in [3.05, 3.63) is 11.5 Å². The first-order chi connectivity index (χ1) is 10.5. The minimum absolute atomic E-state index is 0.0152. The van der Waals surface area contributed by atoms with E-state index in [1.807, 2.05) is 0 Å². The zero-order valence-electron chi connectivity index (χ0n) is 13.4. The van der Waals surface area contributed by atoms with Crippen molar-refractivity contribution < 1.29 is 26.1 Å². The van der Waals surface area contributed by atoms with E-state index in [0.29, 0.717) is 0 Å². The number of aromatic nitrogens is 1. The Hall–Kier alpha value is -1.01. The van der Waals surface area contributed by atoms with E-state index >= 15 is 0 Å². The molecule has 2 heterocycles. The fraction of sp³-hybridized carbons (Fsp3) is 0.750. The van der Waals surface area contributed by atoms with Crippen LogP contribution in [0.3, 0.4) is 0 Å². The van der Waals surface area contributed by atoms with Crippen molar-refractivity contribution in [3.8, 4) is 0 Å². The van der Waals surface area contributed by atoms with Crippen LogP contribution in [0, 0.1) is 19.8 Å². The second-order valence-corrected chi connectivity index (χ2v) is 9.62. The number of sulfonamides is 2. The SMILES string of the molecule is Cc1noc(C)c1S(=O)(=O)N[C@H]1COC[C@H]1CS(=O)(=O)N(C)C. The molecule has 1 aliphatic rings. The molecular weight excluding hydrogens is 346 g/mol. The van der Waals surface area contributed by atoms with E-state index in [1.54, 1.807) is 0 Å². The number of hydrogen-bond acceptors (Lipinski definition) is 7. The van der Waals surface area contributed by atoms with Crippen LogP contribution in [0.1, 0.15) is 11.5 Å². The molecule has 23 heavy (non-hydrogen) atoms. The molecule has 9 nitrogen and oxygen atoms in total. The lowest BCUT2D eigenvalue weighted by atomic mass is 10.1. The first kappa shape index (κ1) is 18.3. The van der Waals surface area contributed by atoms with Gasteiger partial charge in [0, 0.05) is 20.0 Å². The van der Waals surface area contributed by atoms with Gasteiger partial charge in [-0.1, -0.05) is 5.16 Å². The molecular formula is C12H21N3O6S2. The smallest absolute Gasteiger partial charge is 0.246 e. The third kappa shape index (κ3) is 3.91. The highest BCUT2D eigenvalue weighted by atomic mass is 32.2. The van der Waals surface area contributed by atoms with E-state index in [4.69, 9.17) is 9.26 Å². The van der Waals surface area contributed by atoms with Crippen LogP contribution in [-0.4, -0.2) is 65.4 Å². The molecule has 0 spiro atoms. The molecule has 1 fully saturated rings. The maximum atomic E-state index is 12.5. The molecule has 0 aromatic carbocycles. The molecule has 1 aromatic heterocycles. The van der Waals surface area contributed by atoms with Crippen molar-refractivity contribution in [2.45, 2.75) is 24.8 Å². The molecule has 0 bridgehead atoms. The quantitative estimate of drug-likeness (QED) is 0.718. The lowest BCUT2D eigenvalue weighted by molar-refractivity contribution is 0.185. The van der Waals surface area contributed by atoms with Crippen molar-refractivity contribution in [3.63, 3.8) is 0 Å². The fourth-order valence-corrected chi connectivity index (χ4v) is 5.22. The summed E-state index contributed by atoms with van der Waals surface area (Å²) in [4.78, 5) is -0.0152. The molecule has 0 unspecified atom stereocenters. The molecule has 2 atom stereocenters. The van der Waals surface area contributed by atoms with Crippen molar-refractivity contribution >= 4 is 20.0 Å². The molecule has 0 aliphatic carbocycles. The van der Waals surface area contributed by atoms with Gasteiger partial charge in [0.05, 0.1) is 25.0 Å². The Labute approximate surface area is 136 Å². The van der Waals surface area contributed by atoms with Gasteiger partial charge in [-0.05, 0) is 13.8 Å². The van der Waals surface area contributed by atoms with E-state index in [2.05, 4.69) is 9.88 Å². The third-order valence-corrected chi connectivity index (χ3v) is 7.42. The van der Waals surface area contributed by atoms with Gasteiger partial charge in [-0.15, -0.1) is 0 Å². The van der Waals surface area contributed by atoms with Crippen molar-refractivity contribution in [1.29, 1.82) is 0 Å². The monoisotopic (exact) mass is 367 g/mol. The van der Waals surface area contributed by atoms with Crippen LogP contribution in [0.25, 0.3) is 0 Å². The molecule has 1 saturated heterocycles. The number of nitrogens with one attached hydrogen (secondary N) is 1. The fourth-order valence-electron chi connectivity index (χ4n) is 2.43. The normalized spacial score (nSPS) is 22.8. The summed E-state index contributed by atoms with van der Waals surface area (Å²) >= 11 is 0. The lowest BCUT2D eigenvalue weighted by Crippen LogP contribution is -2.43. The summed E-state index contributed by atoms with van der Waals surface area (Å²) in [7, 11) is -4.44. The van der Waals surface area contributed by atoms with E-state index < -0.39 is 32.0 Å². The summed E-state index contributed by atoms with van der Waals surface area (Å²) < 4.78 is 62.8.